The average Bonchev–Trinajstić information content (AvgIpc) is 2.41. The van der Waals surface area contributed by atoms with Crippen molar-refractivity contribution in [1.82, 2.24) is 10.6 Å². The molecule has 1 aliphatic heterocycles. The van der Waals surface area contributed by atoms with Crippen LogP contribution in [-0.2, 0) is 0 Å². The van der Waals surface area contributed by atoms with E-state index in [1.807, 2.05) is 0 Å². The molecule has 2 atom stereocenters. The maximum Gasteiger partial charge on any atom is 0.252 e. The predicted molar refractivity (Wildman–Crippen MR) is 81.6 cm³/mol. The average molecular weight is 297 g/mol. The van der Waals surface area contributed by atoms with Gasteiger partial charge in [0.1, 0.15) is 0 Å². The second-order valence-electron chi connectivity index (χ2n) is 5.15. The van der Waals surface area contributed by atoms with Crippen molar-refractivity contribution < 1.29 is 9.59 Å². The summed E-state index contributed by atoms with van der Waals surface area (Å²) in [7, 11) is 0. The molecule has 2 unspecified atom stereocenters. The Morgan fingerprint density at radius 3 is 2.50 bits per heavy atom. The van der Waals surface area contributed by atoms with Crippen LogP contribution < -0.4 is 10.6 Å². The summed E-state index contributed by atoms with van der Waals surface area (Å²) in [6.07, 6.45) is 1.05. The number of ketones is 1. The second-order valence-corrected chi connectivity index (χ2v) is 5.15. The predicted octanol–water partition coefficient (Wildman–Crippen LogP) is 2.04. The van der Waals surface area contributed by atoms with Crippen LogP contribution in [0.3, 0.4) is 0 Å². The fraction of sp³-hybridized carbons (Fsp3) is 0.467. The fourth-order valence-electron chi connectivity index (χ4n) is 2.42. The molecule has 1 amide bonds. The molecule has 0 saturated carbocycles. The first-order chi connectivity index (χ1) is 9.09. The molecular weight excluding hydrogens is 276 g/mol. The number of rotatable bonds is 3. The highest BCUT2D eigenvalue weighted by atomic mass is 35.5. The molecule has 5 heteroatoms. The fourth-order valence-corrected chi connectivity index (χ4v) is 2.42. The summed E-state index contributed by atoms with van der Waals surface area (Å²) in [5.41, 5.74) is 0.948. The molecule has 0 aliphatic carbocycles. The third-order valence-corrected chi connectivity index (χ3v) is 3.70. The van der Waals surface area contributed by atoms with Gasteiger partial charge in [0, 0.05) is 18.2 Å². The van der Waals surface area contributed by atoms with Gasteiger partial charge in [-0.2, -0.15) is 0 Å². The van der Waals surface area contributed by atoms with Gasteiger partial charge in [0.2, 0.25) is 0 Å². The molecule has 4 nitrogen and oxygen atoms in total. The zero-order valence-corrected chi connectivity index (χ0v) is 12.6. The Balaban J connectivity index is 0.00000200. The Bertz CT molecular complexity index is 491. The lowest BCUT2D eigenvalue weighted by atomic mass is 9.94. The van der Waals surface area contributed by atoms with Crippen LogP contribution in [0.5, 0.6) is 0 Å². The highest BCUT2D eigenvalue weighted by molar-refractivity contribution is 6.07. The summed E-state index contributed by atoms with van der Waals surface area (Å²) in [5.74, 6) is 0.210. The van der Waals surface area contributed by atoms with Crippen LogP contribution in [0.15, 0.2) is 24.3 Å². The molecule has 1 aliphatic rings. The molecule has 0 bridgehead atoms. The summed E-state index contributed by atoms with van der Waals surface area (Å²) in [6, 6.07) is 7.08. The SMILES string of the molecule is CC(=O)c1ccccc1C(=O)NC1CNCCC1C.Cl. The van der Waals surface area contributed by atoms with Gasteiger partial charge in [-0.3, -0.25) is 9.59 Å². The summed E-state index contributed by atoms with van der Waals surface area (Å²) in [4.78, 5) is 23.8. The van der Waals surface area contributed by atoms with E-state index in [9.17, 15) is 9.59 Å². The topological polar surface area (TPSA) is 58.2 Å². The minimum Gasteiger partial charge on any atom is -0.348 e. The number of amides is 1. The van der Waals surface area contributed by atoms with E-state index in [0.717, 1.165) is 19.5 Å². The zero-order valence-electron chi connectivity index (χ0n) is 11.8. The smallest absolute Gasteiger partial charge is 0.252 e. The van der Waals surface area contributed by atoms with Crippen LogP contribution in [0.4, 0.5) is 0 Å². The number of piperidine rings is 1. The van der Waals surface area contributed by atoms with E-state index < -0.39 is 0 Å². The number of halogens is 1. The molecule has 1 saturated heterocycles. The molecule has 1 heterocycles. The van der Waals surface area contributed by atoms with Crippen molar-refractivity contribution in [2.24, 2.45) is 5.92 Å². The van der Waals surface area contributed by atoms with Gasteiger partial charge in [-0.1, -0.05) is 25.1 Å². The Hall–Kier alpha value is -1.39. The van der Waals surface area contributed by atoms with Crippen molar-refractivity contribution in [3.63, 3.8) is 0 Å². The second kappa shape index (κ2) is 7.41. The third-order valence-electron chi connectivity index (χ3n) is 3.70. The first-order valence-corrected chi connectivity index (χ1v) is 6.71. The van der Waals surface area contributed by atoms with Gasteiger partial charge in [0.05, 0.1) is 5.56 Å². The van der Waals surface area contributed by atoms with E-state index in [0.29, 0.717) is 17.0 Å². The van der Waals surface area contributed by atoms with Gasteiger partial charge in [0.15, 0.2) is 5.78 Å². The monoisotopic (exact) mass is 296 g/mol. The molecular formula is C15H21ClN2O2. The lowest BCUT2D eigenvalue weighted by Gasteiger charge is -2.30. The first kappa shape index (κ1) is 16.7. The van der Waals surface area contributed by atoms with Crippen molar-refractivity contribution >= 4 is 24.1 Å². The Kier molecular flexibility index (Phi) is 6.17. The van der Waals surface area contributed by atoms with Crippen molar-refractivity contribution in [3.8, 4) is 0 Å². The van der Waals surface area contributed by atoms with Crippen LogP contribution in [0, 0.1) is 5.92 Å². The lowest BCUT2D eigenvalue weighted by Crippen LogP contribution is -2.50. The minimum absolute atomic E-state index is 0. The normalized spacial score (nSPS) is 21.7. The van der Waals surface area contributed by atoms with Gasteiger partial charge in [-0.15, -0.1) is 12.4 Å². The van der Waals surface area contributed by atoms with Gasteiger partial charge in [0.25, 0.3) is 5.91 Å². The van der Waals surface area contributed by atoms with Gasteiger partial charge >= 0.3 is 0 Å². The summed E-state index contributed by atoms with van der Waals surface area (Å²) in [5, 5.41) is 6.30. The van der Waals surface area contributed by atoms with Crippen molar-refractivity contribution in [2.75, 3.05) is 13.1 Å². The van der Waals surface area contributed by atoms with Crippen LogP contribution in [-0.4, -0.2) is 30.8 Å². The number of nitrogens with one attached hydrogen (secondary N) is 2. The van der Waals surface area contributed by atoms with E-state index in [4.69, 9.17) is 0 Å². The van der Waals surface area contributed by atoms with E-state index in [1.165, 1.54) is 6.92 Å². The van der Waals surface area contributed by atoms with Gasteiger partial charge in [-0.25, -0.2) is 0 Å². The molecule has 110 valence electrons. The van der Waals surface area contributed by atoms with Crippen LogP contribution in [0.25, 0.3) is 0 Å². The van der Waals surface area contributed by atoms with E-state index in [-0.39, 0.29) is 30.1 Å². The van der Waals surface area contributed by atoms with Gasteiger partial charge in [-0.05, 0) is 31.9 Å². The number of hydrogen-bond acceptors (Lipinski definition) is 3. The first-order valence-electron chi connectivity index (χ1n) is 6.71. The maximum atomic E-state index is 12.3. The number of hydrogen-bond donors (Lipinski definition) is 2. The molecule has 2 N–H and O–H groups in total. The lowest BCUT2D eigenvalue weighted by molar-refractivity contribution is 0.0905. The largest absolute Gasteiger partial charge is 0.348 e. The summed E-state index contributed by atoms with van der Waals surface area (Å²) >= 11 is 0. The maximum absolute atomic E-state index is 12.3. The van der Waals surface area contributed by atoms with Crippen molar-refractivity contribution in [3.05, 3.63) is 35.4 Å². The molecule has 0 aromatic heterocycles. The third kappa shape index (κ3) is 3.81. The molecule has 0 radical (unpaired) electrons. The van der Waals surface area contributed by atoms with Crippen LogP contribution in [0.1, 0.15) is 41.0 Å². The highest BCUT2D eigenvalue weighted by Crippen LogP contribution is 2.14. The van der Waals surface area contributed by atoms with Crippen molar-refractivity contribution in [2.45, 2.75) is 26.3 Å². The molecule has 20 heavy (non-hydrogen) atoms. The van der Waals surface area contributed by atoms with E-state index in [2.05, 4.69) is 17.6 Å². The molecule has 2 rings (SSSR count). The number of benzene rings is 1. The molecule has 1 aromatic carbocycles. The highest BCUT2D eigenvalue weighted by Gasteiger charge is 2.24. The standard InChI is InChI=1S/C15H20N2O2.ClH/c1-10-7-8-16-9-14(10)17-15(19)13-6-4-3-5-12(13)11(2)18;/h3-6,10,14,16H,7-9H2,1-2H3,(H,17,19);1H. The molecule has 1 fully saturated rings. The molecule has 0 spiro atoms. The van der Waals surface area contributed by atoms with Crippen LogP contribution >= 0.6 is 12.4 Å². The Labute approximate surface area is 125 Å². The summed E-state index contributed by atoms with van der Waals surface area (Å²) < 4.78 is 0. The van der Waals surface area contributed by atoms with Crippen molar-refractivity contribution in [1.29, 1.82) is 0 Å². The van der Waals surface area contributed by atoms with E-state index >= 15 is 0 Å². The minimum atomic E-state index is -0.161. The Morgan fingerprint density at radius 1 is 1.25 bits per heavy atom. The number of carbonyl (C=O) groups is 2. The Morgan fingerprint density at radius 2 is 1.90 bits per heavy atom. The number of Topliss-reactive ketones (excluding diaryl/α,β-unsaturated/α-hetero) is 1. The van der Waals surface area contributed by atoms with Crippen LogP contribution in [0.2, 0.25) is 0 Å². The van der Waals surface area contributed by atoms with E-state index in [1.54, 1.807) is 24.3 Å². The zero-order chi connectivity index (χ0) is 13.8. The summed E-state index contributed by atoms with van der Waals surface area (Å²) in [6.45, 7) is 5.41. The number of carbonyl (C=O) groups excluding carboxylic acids is 2. The quantitative estimate of drug-likeness (QED) is 0.839. The molecule has 1 aromatic rings. The van der Waals surface area contributed by atoms with Gasteiger partial charge < -0.3 is 10.6 Å².